The summed E-state index contributed by atoms with van der Waals surface area (Å²) in [6, 6.07) is 12.1. The highest BCUT2D eigenvalue weighted by Gasteiger charge is 2.29. The highest BCUT2D eigenvalue weighted by atomic mass is 16.6. The van der Waals surface area contributed by atoms with Gasteiger partial charge in [0.1, 0.15) is 23.6 Å². The quantitative estimate of drug-likeness (QED) is 0.335. The fourth-order valence-corrected chi connectivity index (χ4v) is 4.60. The third kappa shape index (κ3) is 7.33. The van der Waals surface area contributed by atoms with Crippen LogP contribution in [-0.4, -0.2) is 56.3 Å². The highest BCUT2D eigenvalue weighted by Crippen LogP contribution is 2.35. The van der Waals surface area contributed by atoms with E-state index < -0.39 is 30.0 Å². The maximum absolute atomic E-state index is 13.2. The van der Waals surface area contributed by atoms with Crippen LogP contribution in [0.15, 0.2) is 48.7 Å². The Labute approximate surface area is 239 Å². The third-order valence-electron chi connectivity index (χ3n) is 6.58. The lowest BCUT2D eigenvalue weighted by molar-refractivity contribution is -0.150. The van der Waals surface area contributed by atoms with Gasteiger partial charge in [-0.2, -0.15) is 0 Å². The first-order valence-corrected chi connectivity index (χ1v) is 13.0. The number of carbonyl (C=O) groups is 3. The van der Waals surface area contributed by atoms with E-state index in [0.717, 1.165) is 33.8 Å². The van der Waals surface area contributed by atoms with Gasteiger partial charge in [0.05, 0.1) is 21.3 Å². The fraction of sp³-hybridized carbons (Fsp3) is 0.355. The van der Waals surface area contributed by atoms with E-state index in [1.807, 2.05) is 50.2 Å². The third-order valence-corrected chi connectivity index (χ3v) is 6.58. The molecule has 0 aliphatic rings. The predicted octanol–water partition coefficient (Wildman–Crippen LogP) is 4.53. The Kier molecular flexibility index (Phi) is 10.3. The van der Waals surface area contributed by atoms with E-state index in [2.05, 4.69) is 10.3 Å². The number of methoxy groups -OCH3 is 3. The number of aryl methyl sites for hydroxylation is 2. The number of esters is 2. The van der Waals surface area contributed by atoms with E-state index >= 15 is 0 Å². The van der Waals surface area contributed by atoms with Crippen LogP contribution in [0.2, 0.25) is 0 Å². The number of aromatic nitrogens is 1. The molecule has 218 valence electrons. The summed E-state index contributed by atoms with van der Waals surface area (Å²) in [5.74, 6) is -0.854. The molecule has 0 saturated heterocycles. The summed E-state index contributed by atoms with van der Waals surface area (Å²) in [4.78, 5) is 41.9. The van der Waals surface area contributed by atoms with Crippen molar-refractivity contribution in [3.63, 3.8) is 0 Å². The van der Waals surface area contributed by atoms with Crippen LogP contribution in [0, 0.1) is 13.8 Å². The molecule has 1 amide bonds. The molecule has 0 aliphatic carbocycles. The molecular formula is C31H36N2O8. The van der Waals surface area contributed by atoms with Gasteiger partial charge in [-0.3, -0.25) is 9.59 Å². The molecule has 10 heteroatoms. The zero-order valence-electron chi connectivity index (χ0n) is 24.6. The zero-order valence-corrected chi connectivity index (χ0v) is 24.6. The van der Waals surface area contributed by atoms with Crippen LogP contribution in [0.3, 0.4) is 0 Å². The maximum Gasteiger partial charge on any atom is 0.328 e. The molecule has 2 aromatic carbocycles. The van der Waals surface area contributed by atoms with E-state index in [1.54, 1.807) is 21.1 Å². The number of pyridine rings is 1. The van der Waals surface area contributed by atoms with Crippen LogP contribution in [0.25, 0.3) is 0 Å². The molecule has 41 heavy (non-hydrogen) atoms. The Morgan fingerprint density at radius 2 is 1.34 bits per heavy atom. The van der Waals surface area contributed by atoms with Gasteiger partial charge in [-0.15, -0.1) is 0 Å². The molecule has 1 N–H and O–H groups in total. The standard InChI is InChI=1S/C31H36N2O8/c1-17-15-22(9-11-24(17)37-6)27(23-10-12-25(38-7)18(2)16-23)20(4)40-31(36)19(3)33-30(35)28-29(41-21(5)34)26(39-8)13-14-32-28/h9-16,19-20,27H,1-8H3,(H,33,35)/t19-,20-/m0/s1. The molecule has 3 aromatic rings. The average Bonchev–Trinajstić information content (AvgIpc) is 2.93. The van der Waals surface area contributed by atoms with Gasteiger partial charge in [-0.1, -0.05) is 24.3 Å². The van der Waals surface area contributed by atoms with Gasteiger partial charge in [0.25, 0.3) is 5.91 Å². The Balaban J connectivity index is 1.86. The summed E-state index contributed by atoms with van der Waals surface area (Å²) in [5, 5.41) is 2.58. The number of benzene rings is 2. The summed E-state index contributed by atoms with van der Waals surface area (Å²) < 4.78 is 27.1. The van der Waals surface area contributed by atoms with E-state index in [-0.39, 0.29) is 23.1 Å². The number of nitrogens with one attached hydrogen (secondary N) is 1. The first-order chi connectivity index (χ1) is 19.5. The topological polar surface area (TPSA) is 122 Å². The van der Waals surface area contributed by atoms with Crippen LogP contribution < -0.4 is 24.3 Å². The highest BCUT2D eigenvalue weighted by molar-refractivity contribution is 5.98. The smallest absolute Gasteiger partial charge is 0.328 e. The Morgan fingerprint density at radius 1 is 0.805 bits per heavy atom. The normalized spacial score (nSPS) is 12.2. The van der Waals surface area contributed by atoms with Crippen molar-refractivity contribution in [2.45, 2.75) is 52.7 Å². The second kappa shape index (κ2) is 13.6. The Bertz CT molecular complexity index is 1370. The van der Waals surface area contributed by atoms with Crippen molar-refractivity contribution in [3.8, 4) is 23.0 Å². The SMILES string of the molecule is COc1ccc(C(c2ccc(OC)c(C)c2)[C@H](C)OC(=O)[C@H](C)NC(=O)c2nccc(OC)c2OC(C)=O)cc1C. The molecular weight excluding hydrogens is 528 g/mol. The lowest BCUT2D eigenvalue weighted by atomic mass is 9.85. The molecule has 10 nitrogen and oxygen atoms in total. The predicted molar refractivity (Wildman–Crippen MR) is 152 cm³/mol. The minimum Gasteiger partial charge on any atom is -0.496 e. The molecule has 0 radical (unpaired) electrons. The summed E-state index contributed by atoms with van der Waals surface area (Å²) in [7, 11) is 4.60. The monoisotopic (exact) mass is 564 g/mol. The first kappa shape index (κ1) is 30.9. The summed E-state index contributed by atoms with van der Waals surface area (Å²) in [6.45, 7) is 8.40. The molecule has 0 spiro atoms. The lowest BCUT2D eigenvalue weighted by Gasteiger charge is -2.27. The molecule has 0 unspecified atom stereocenters. The summed E-state index contributed by atoms with van der Waals surface area (Å²) in [6.07, 6.45) is 0.721. The van der Waals surface area contributed by atoms with Crippen molar-refractivity contribution >= 4 is 17.8 Å². The first-order valence-electron chi connectivity index (χ1n) is 13.0. The number of hydrogen-bond acceptors (Lipinski definition) is 9. The lowest BCUT2D eigenvalue weighted by Crippen LogP contribution is -2.41. The summed E-state index contributed by atoms with van der Waals surface area (Å²) >= 11 is 0. The number of amides is 1. The second-order valence-corrected chi connectivity index (χ2v) is 9.56. The van der Waals surface area contributed by atoms with E-state index in [0.29, 0.717) is 0 Å². The van der Waals surface area contributed by atoms with Crippen molar-refractivity contribution in [1.82, 2.24) is 10.3 Å². The van der Waals surface area contributed by atoms with Crippen molar-refractivity contribution in [3.05, 3.63) is 76.6 Å². The van der Waals surface area contributed by atoms with Crippen LogP contribution in [0.1, 0.15) is 59.4 Å². The van der Waals surface area contributed by atoms with Crippen molar-refractivity contribution < 1.29 is 38.1 Å². The second-order valence-electron chi connectivity index (χ2n) is 9.56. The zero-order chi connectivity index (χ0) is 30.3. The molecule has 0 saturated carbocycles. The van der Waals surface area contributed by atoms with E-state index in [1.165, 1.54) is 33.2 Å². The molecule has 1 aromatic heterocycles. The van der Waals surface area contributed by atoms with Crippen molar-refractivity contribution in [2.75, 3.05) is 21.3 Å². The molecule has 1 heterocycles. The maximum atomic E-state index is 13.2. The van der Waals surface area contributed by atoms with Crippen LogP contribution in [-0.2, 0) is 14.3 Å². The van der Waals surface area contributed by atoms with Gasteiger partial charge in [0.2, 0.25) is 5.75 Å². The largest absolute Gasteiger partial charge is 0.496 e. The molecule has 0 aliphatic heterocycles. The number of hydrogen-bond donors (Lipinski definition) is 1. The van der Waals surface area contributed by atoms with Crippen LogP contribution in [0.5, 0.6) is 23.0 Å². The van der Waals surface area contributed by atoms with Gasteiger partial charge in [-0.25, -0.2) is 9.78 Å². The van der Waals surface area contributed by atoms with Gasteiger partial charge < -0.3 is 29.0 Å². The molecule has 3 rings (SSSR count). The average molecular weight is 565 g/mol. The number of ether oxygens (including phenoxy) is 5. The van der Waals surface area contributed by atoms with Crippen molar-refractivity contribution in [2.24, 2.45) is 0 Å². The van der Waals surface area contributed by atoms with Gasteiger partial charge in [-0.05, 0) is 62.1 Å². The van der Waals surface area contributed by atoms with Gasteiger partial charge in [0.15, 0.2) is 11.4 Å². The van der Waals surface area contributed by atoms with Crippen LogP contribution in [0.4, 0.5) is 0 Å². The fourth-order valence-electron chi connectivity index (χ4n) is 4.60. The Morgan fingerprint density at radius 3 is 1.80 bits per heavy atom. The number of nitrogens with zero attached hydrogens (tertiary/aromatic N) is 1. The molecule has 0 bridgehead atoms. The molecule has 0 fully saturated rings. The van der Waals surface area contributed by atoms with Crippen molar-refractivity contribution in [1.29, 1.82) is 0 Å². The number of rotatable bonds is 11. The Hall–Kier alpha value is -4.60. The number of carbonyl (C=O) groups excluding carboxylic acids is 3. The van der Waals surface area contributed by atoms with Crippen LogP contribution >= 0.6 is 0 Å². The van der Waals surface area contributed by atoms with Gasteiger partial charge in [0, 0.05) is 25.1 Å². The minimum absolute atomic E-state index is 0.140. The van der Waals surface area contributed by atoms with Gasteiger partial charge >= 0.3 is 11.9 Å². The molecule has 2 atom stereocenters. The van der Waals surface area contributed by atoms with E-state index in [4.69, 9.17) is 23.7 Å². The van der Waals surface area contributed by atoms with E-state index in [9.17, 15) is 14.4 Å². The minimum atomic E-state index is -1.04. The summed E-state index contributed by atoms with van der Waals surface area (Å²) in [5.41, 5.74) is 3.53.